The van der Waals surface area contributed by atoms with Crippen LogP contribution in [0.4, 0.5) is 0 Å². The minimum absolute atomic E-state index is 0.0586. The summed E-state index contributed by atoms with van der Waals surface area (Å²) in [5.41, 5.74) is 3.50. The van der Waals surface area contributed by atoms with Gasteiger partial charge in [0.1, 0.15) is 5.75 Å². The summed E-state index contributed by atoms with van der Waals surface area (Å²) in [6, 6.07) is 7.95. The van der Waals surface area contributed by atoms with Crippen molar-refractivity contribution in [1.82, 2.24) is 0 Å². The summed E-state index contributed by atoms with van der Waals surface area (Å²) in [5, 5.41) is 10.7. The summed E-state index contributed by atoms with van der Waals surface area (Å²) < 4.78 is 5.85. The zero-order valence-electron chi connectivity index (χ0n) is 14.8. The molecule has 1 aromatic heterocycles. The van der Waals surface area contributed by atoms with Gasteiger partial charge in [-0.3, -0.25) is 0 Å². The van der Waals surface area contributed by atoms with Crippen LogP contribution in [0.1, 0.15) is 53.6 Å². The Balaban J connectivity index is 1.95. The quantitative estimate of drug-likeness (QED) is 0.797. The number of thiophene rings is 1. The van der Waals surface area contributed by atoms with E-state index in [-0.39, 0.29) is 11.8 Å². The predicted octanol–water partition coefficient (Wildman–Crippen LogP) is 3.06. The van der Waals surface area contributed by atoms with E-state index >= 15 is 0 Å². The minimum Gasteiger partial charge on any atom is -0.550 e. The number of rotatable bonds is 3. The molecule has 130 valence electrons. The van der Waals surface area contributed by atoms with Crippen LogP contribution < -0.4 is 9.84 Å². The third kappa shape index (κ3) is 3.88. The SMILES string of the molecule is CCc1cc2c(cc1C#Cc1ccc(CC(=O)[O-])s1)C(C)(C)CCO2. The Bertz CT molecular complexity index is 865. The molecule has 2 aromatic rings. The van der Waals surface area contributed by atoms with Gasteiger partial charge in [0.2, 0.25) is 0 Å². The number of carboxylic acids is 1. The maximum absolute atomic E-state index is 10.7. The van der Waals surface area contributed by atoms with E-state index < -0.39 is 5.97 Å². The van der Waals surface area contributed by atoms with Gasteiger partial charge in [-0.15, -0.1) is 11.3 Å². The van der Waals surface area contributed by atoms with Gasteiger partial charge in [-0.25, -0.2) is 0 Å². The molecule has 0 bridgehead atoms. The Kier molecular flexibility index (Phi) is 4.87. The molecule has 0 spiro atoms. The number of fused-ring (bicyclic) bond motifs is 1. The lowest BCUT2D eigenvalue weighted by molar-refractivity contribution is -0.304. The Labute approximate surface area is 152 Å². The molecule has 0 unspecified atom stereocenters. The van der Waals surface area contributed by atoms with Crippen molar-refractivity contribution >= 4 is 17.3 Å². The molecule has 1 aromatic carbocycles. The lowest BCUT2D eigenvalue weighted by atomic mass is 9.78. The van der Waals surface area contributed by atoms with Crippen molar-refractivity contribution in [2.24, 2.45) is 0 Å². The predicted molar refractivity (Wildman–Crippen MR) is 98.0 cm³/mol. The Morgan fingerprint density at radius 1 is 1.32 bits per heavy atom. The normalized spacial score (nSPS) is 14.8. The smallest absolute Gasteiger partial charge is 0.123 e. The average molecular weight is 353 g/mol. The maximum atomic E-state index is 10.7. The molecule has 0 N–H and O–H groups in total. The van der Waals surface area contributed by atoms with Crippen LogP contribution in [0.25, 0.3) is 0 Å². The van der Waals surface area contributed by atoms with Crippen LogP contribution in [0, 0.1) is 11.8 Å². The van der Waals surface area contributed by atoms with Gasteiger partial charge >= 0.3 is 0 Å². The van der Waals surface area contributed by atoms with Crippen LogP contribution in [0.5, 0.6) is 5.75 Å². The first kappa shape index (κ1) is 17.6. The number of aliphatic carboxylic acids is 1. The molecule has 3 nitrogen and oxygen atoms in total. The maximum Gasteiger partial charge on any atom is 0.123 e. The van der Waals surface area contributed by atoms with Crippen LogP contribution >= 0.6 is 11.3 Å². The second-order valence-electron chi connectivity index (χ2n) is 6.91. The number of benzene rings is 1. The van der Waals surface area contributed by atoms with E-state index in [1.165, 1.54) is 22.5 Å². The largest absolute Gasteiger partial charge is 0.550 e. The summed E-state index contributed by atoms with van der Waals surface area (Å²) >= 11 is 1.40. The number of carboxylic acid groups (broad SMARTS) is 1. The molecule has 0 amide bonds. The van der Waals surface area contributed by atoms with E-state index in [1.54, 1.807) is 6.07 Å². The van der Waals surface area contributed by atoms with Gasteiger partial charge in [0, 0.05) is 28.4 Å². The molecule has 3 rings (SSSR count). The molecule has 25 heavy (non-hydrogen) atoms. The van der Waals surface area contributed by atoms with E-state index in [0.29, 0.717) is 0 Å². The van der Waals surface area contributed by atoms with Gasteiger partial charge in [-0.1, -0.05) is 32.6 Å². The van der Waals surface area contributed by atoms with Gasteiger partial charge in [-0.05, 0) is 48.1 Å². The van der Waals surface area contributed by atoms with Gasteiger partial charge < -0.3 is 14.6 Å². The molecular weight excluding hydrogens is 332 g/mol. The van der Waals surface area contributed by atoms with Crippen LogP contribution in [-0.4, -0.2) is 12.6 Å². The van der Waals surface area contributed by atoms with Crippen molar-refractivity contribution in [1.29, 1.82) is 0 Å². The summed E-state index contributed by atoms with van der Waals surface area (Å²) in [6.07, 6.45) is 1.83. The van der Waals surface area contributed by atoms with Crippen molar-refractivity contribution in [3.8, 4) is 17.6 Å². The molecule has 0 radical (unpaired) electrons. The van der Waals surface area contributed by atoms with Crippen LogP contribution in [0.2, 0.25) is 0 Å². The first-order valence-electron chi connectivity index (χ1n) is 8.50. The number of carbonyl (C=O) groups excluding carboxylic acids is 1. The number of carbonyl (C=O) groups is 1. The lowest BCUT2D eigenvalue weighted by Crippen LogP contribution is -2.27. The van der Waals surface area contributed by atoms with Gasteiger partial charge in [0.25, 0.3) is 0 Å². The molecule has 0 saturated heterocycles. The highest BCUT2D eigenvalue weighted by Crippen LogP contribution is 2.39. The number of ether oxygens (including phenoxy) is 1. The molecule has 4 heteroatoms. The van der Waals surface area contributed by atoms with Crippen molar-refractivity contribution in [2.45, 2.75) is 45.4 Å². The lowest BCUT2D eigenvalue weighted by Gasteiger charge is -2.33. The second kappa shape index (κ2) is 6.93. The van der Waals surface area contributed by atoms with Gasteiger partial charge in [0.15, 0.2) is 0 Å². The Hall–Kier alpha value is -2.25. The molecule has 0 aliphatic carbocycles. The van der Waals surface area contributed by atoms with Crippen molar-refractivity contribution in [3.63, 3.8) is 0 Å². The van der Waals surface area contributed by atoms with Crippen molar-refractivity contribution in [3.05, 3.63) is 50.7 Å². The van der Waals surface area contributed by atoms with E-state index in [1.807, 2.05) is 6.07 Å². The molecule has 1 aliphatic heterocycles. The molecule has 0 fully saturated rings. The van der Waals surface area contributed by atoms with Crippen LogP contribution in [0.15, 0.2) is 24.3 Å². The molecule has 2 heterocycles. The summed E-state index contributed by atoms with van der Waals surface area (Å²) in [6.45, 7) is 7.35. The standard InChI is InChI=1S/C21H22O3S/c1-4-14-12-19-18(21(2,3)9-10-24-19)11-15(14)5-6-16-7-8-17(25-16)13-20(22)23/h7-8,11-12H,4,9-10,13H2,1-3H3,(H,22,23)/p-1. The number of aryl methyl sites for hydroxylation is 1. The Morgan fingerprint density at radius 3 is 2.84 bits per heavy atom. The summed E-state index contributed by atoms with van der Waals surface area (Å²) in [7, 11) is 0. The third-order valence-corrected chi connectivity index (χ3v) is 5.60. The third-order valence-electron chi connectivity index (χ3n) is 4.60. The molecule has 1 aliphatic rings. The van der Waals surface area contributed by atoms with Crippen LogP contribution in [-0.2, 0) is 23.1 Å². The highest BCUT2D eigenvalue weighted by molar-refractivity contribution is 7.12. The molecule has 0 saturated carbocycles. The fourth-order valence-electron chi connectivity index (χ4n) is 3.04. The van der Waals surface area contributed by atoms with E-state index in [2.05, 4.69) is 44.7 Å². The molecular formula is C21H21O3S-. The topological polar surface area (TPSA) is 49.4 Å². The summed E-state index contributed by atoms with van der Waals surface area (Å²) in [5.74, 6) is 6.37. The van der Waals surface area contributed by atoms with E-state index in [0.717, 1.165) is 40.5 Å². The zero-order valence-corrected chi connectivity index (χ0v) is 15.6. The van der Waals surface area contributed by atoms with Crippen molar-refractivity contribution in [2.75, 3.05) is 6.61 Å². The van der Waals surface area contributed by atoms with Crippen molar-refractivity contribution < 1.29 is 14.6 Å². The highest BCUT2D eigenvalue weighted by atomic mass is 32.1. The van der Waals surface area contributed by atoms with Gasteiger partial charge in [0.05, 0.1) is 11.5 Å². The number of hydrogen-bond donors (Lipinski definition) is 0. The highest BCUT2D eigenvalue weighted by Gasteiger charge is 2.29. The monoisotopic (exact) mass is 353 g/mol. The van der Waals surface area contributed by atoms with E-state index in [9.17, 15) is 9.90 Å². The first-order valence-corrected chi connectivity index (χ1v) is 9.31. The fraction of sp³-hybridized carbons (Fsp3) is 0.381. The fourth-order valence-corrected chi connectivity index (χ4v) is 3.89. The zero-order chi connectivity index (χ0) is 18.0. The molecule has 0 atom stereocenters. The first-order chi connectivity index (χ1) is 11.9. The van der Waals surface area contributed by atoms with Crippen LogP contribution in [0.3, 0.4) is 0 Å². The van der Waals surface area contributed by atoms with Gasteiger partial charge in [-0.2, -0.15) is 0 Å². The van der Waals surface area contributed by atoms with E-state index in [4.69, 9.17) is 4.74 Å². The minimum atomic E-state index is -1.06. The number of hydrogen-bond acceptors (Lipinski definition) is 4. The second-order valence-corrected chi connectivity index (χ2v) is 8.07. The summed E-state index contributed by atoms with van der Waals surface area (Å²) in [4.78, 5) is 12.3. The average Bonchev–Trinajstić information content (AvgIpc) is 2.98. The Morgan fingerprint density at radius 2 is 2.12 bits per heavy atom.